The minimum atomic E-state index is -0.245. The number of nitrogens with one attached hydrogen (secondary N) is 1. The molecule has 0 radical (unpaired) electrons. The first-order chi connectivity index (χ1) is 10.2. The number of benzene rings is 2. The van der Waals surface area contributed by atoms with Gasteiger partial charge < -0.3 is 14.8 Å². The first-order valence-electron chi connectivity index (χ1n) is 6.75. The molecular weight excluding hydrogens is 266 g/mol. The van der Waals surface area contributed by atoms with Crippen molar-refractivity contribution >= 4 is 11.7 Å². The summed E-state index contributed by atoms with van der Waals surface area (Å²) in [6.45, 7) is 0. The van der Waals surface area contributed by atoms with E-state index in [-0.39, 0.29) is 18.4 Å². The molecule has 2 aromatic carbocycles. The van der Waals surface area contributed by atoms with Gasteiger partial charge in [0.25, 0.3) is 0 Å². The molecule has 4 nitrogen and oxygen atoms in total. The quantitative estimate of drug-likeness (QED) is 0.826. The highest BCUT2D eigenvalue weighted by molar-refractivity contribution is 5.71. The molecule has 0 heterocycles. The van der Waals surface area contributed by atoms with Crippen molar-refractivity contribution in [2.24, 2.45) is 0 Å². The van der Waals surface area contributed by atoms with Crippen LogP contribution in [0.25, 0.3) is 0 Å². The number of rotatable bonds is 6. The van der Waals surface area contributed by atoms with E-state index in [1.807, 2.05) is 54.6 Å². The van der Waals surface area contributed by atoms with Crippen LogP contribution in [-0.4, -0.2) is 20.2 Å². The molecule has 0 unspecified atom stereocenters. The Morgan fingerprint density at radius 3 is 2.29 bits per heavy atom. The molecular formula is C17H19NO3. The molecule has 0 aliphatic rings. The van der Waals surface area contributed by atoms with Gasteiger partial charge in [-0.25, -0.2) is 0 Å². The number of hydrogen-bond acceptors (Lipinski definition) is 4. The molecule has 2 rings (SSSR count). The van der Waals surface area contributed by atoms with Crippen LogP contribution >= 0.6 is 0 Å². The van der Waals surface area contributed by atoms with Gasteiger partial charge in [-0.1, -0.05) is 30.3 Å². The molecule has 1 N–H and O–H groups in total. The topological polar surface area (TPSA) is 47.6 Å². The van der Waals surface area contributed by atoms with Crippen LogP contribution in [0.4, 0.5) is 5.69 Å². The van der Waals surface area contributed by atoms with Crippen molar-refractivity contribution in [2.75, 3.05) is 19.5 Å². The molecule has 0 bridgehead atoms. The Kier molecular flexibility index (Phi) is 5.21. The predicted molar refractivity (Wildman–Crippen MR) is 82.4 cm³/mol. The zero-order valence-electron chi connectivity index (χ0n) is 12.2. The SMILES string of the molecule is COC(=O)C[C@@H](Nc1ccc(OC)cc1)c1ccccc1. The second-order valence-corrected chi connectivity index (χ2v) is 4.62. The fourth-order valence-electron chi connectivity index (χ4n) is 2.08. The fourth-order valence-corrected chi connectivity index (χ4v) is 2.08. The summed E-state index contributed by atoms with van der Waals surface area (Å²) in [6, 6.07) is 17.3. The van der Waals surface area contributed by atoms with Crippen molar-refractivity contribution in [3.63, 3.8) is 0 Å². The van der Waals surface area contributed by atoms with E-state index in [1.54, 1.807) is 7.11 Å². The number of anilines is 1. The molecule has 2 aromatic rings. The standard InChI is InChI=1S/C17H19NO3/c1-20-15-10-8-14(9-11-15)18-16(12-17(19)21-2)13-6-4-3-5-7-13/h3-11,16,18H,12H2,1-2H3/t16-/m1/s1. The predicted octanol–water partition coefficient (Wildman–Crippen LogP) is 3.41. The van der Waals surface area contributed by atoms with Crippen molar-refractivity contribution in [3.05, 3.63) is 60.2 Å². The van der Waals surface area contributed by atoms with Crippen molar-refractivity contribution in [1.82, 2.24) is 0 Å². The summed E-state index contributed by atoms with van der Waals surface area (Å²) in [7, 11) is 3.03. The van der Waals surface area contributed by atoms with Gasteiger partial charge in [0.05, 0.1) is 26.7 Å². The van der Waals surface area contributed by atoms with Crippen molar-refractivity contribution in [3.8, 4) is 5.75 Å². The highest BCUT2D eigenvalue weighted by Crippen LogP contribution is 2.24. The fraction of sp³-hybridized carbons (Fsp3) is 0.235. The van der Waals surface area contributed by atoms with Gasteiger partial charge in [0.2, 0.25) is 0 Å². The maximum absolute atomic E-state index is 11.6. The summed E-state index contributed by atoms with van der Waals surface area (Å²) >= 11 is 0. The molecule has 0 saturated carbocycles. The summed E-state index contributed by atoms with van der Waals surface area (Å²) < 4.78 is 9.92. The van der Waals surface area contributed by atoms with Gasteiger partial charge in [0.15, 0.2) is 0 Å². The lowest BCUT2D eigenvalue weighted by Crippen LogP contribution is -2.16. The summed E-state index contributed by atoms with van der Waals surface area (Å²) in [6.07, 6.45) is 0.270. The van der Waals surface area contributed by atoms with E-state index < -0.39 is 0 Å². The smallest absolute Gasteiger partial charge is 0.307 e. The summed E-state index contributed by atoms with van der Waals surface area (Å²) in [5.41, 5.74) is 1.97. The third kappa shape index (κ3) is 4.24. The molecule has 0 amide bonds. The molecule has 0 spiro atoms. The number of esters is 1. The van der Waals surface area contributed by atoms with Crippen LogP contribution in [0.15, 0.2) is 54.6 Å². The van der Waals surface area contributed by atoms with Gasteiger partial charge in [-0.3, -0.25) is 4.79 Å². The molecule has 0 fully saturated rings. The van der Waals surface area contributed by atoms with Gasteiger partial charge in [-0.05, 0) is 29.8 Å². The Morgan fingerprint density at radius 1 is 1.05 bits per heavy atom. The molecule has 0 aromatic heterocycles. The molecule has 4 heteroatoms. The third-order valence-electron chi connectivity index (χ3n) is 3.23. The van der Waals surface area contributed by atoms with Crippen LogP contribution < -0.4 is 10.1 Å². The second-order valence-electron chi connectivity index (χ2n) is 4.62. The molecule has 0 aliphatic heterocycles. The Labute approximate surface area is 124 Å². The van der Waals surface area contributed by atoms with Crippen molar-refractivity contribution in [2.45, 2.75) is 12.5 Å². The highest BCUT2D eigenvalue weighted by Gasteiger charge is 2.16. The van der Waals surface area contributed by atoms with Gasteiger partial charge >= 0.3 is 5.97 Å². The van der Waals surface area contributed by atoms with Crippen LogP contribution in [0.5, 0.6) is 5.75 Å². The number of hydrogen-bond donors (Lipinski definition) is 1. The maximum atomic E-state index is 11.6. The first-order valence-corrected chi connectivity index (χ1v) is 6.75. The van der Waals surface area contributed by atoms with Gasteiger partial charge in [0.1, 0.15) is 5.75 Å². The van der Waals surface area contributed by atoms with Crippen molar-refractivity contribution < 1.29 is 14.3 Å². The van der Waals surface area contributed by atoms with E-state index in [0.29, 0.717) is 0 Å². The Bertz CT molecular complexity index is 566. The average molecular weight is 285 g/mol. The molecule has 0 saturated heterocycles. The van der Waals surface area contributed by atoms with Crippen LogP contribution in [-0.2, 0) is 9.53 Å². The number of ether oxygens (including phenoxy) is 2. The number of methoxy groups -OCH3 is 2. The van der Waals surface area contributed by atoms with E-state index in [9.17, 15) is 4.79 Å². The molecule has 1 atom stereocenters. The monoisotopic (exact) mass is 285 g/mol. The maximum Gasteiger partial charge on any atom is 0.307 e. The first kappa shape index (κ1) is 14.9. The van der Waals surface area contributed by atoms with Gasteiger partial charge in [-0.2, -0.15) is 0 Å². The minimum Gasteiger partial charge on any atom is -0.497 e. The van der Waals surface area contributed by atoms with E-state index in [0.717, 1.165) is 17.0 Å². The Morgan fingerprint density at radius 2 is 1.71 bits per heavy atom. The summed E-state index contributed by atoms with van der Waals surface area (Å²) in [5.74, 6) is 0.551. The number of carbonyl (C=O) groups is 1. The lowest BCUT2D eigenvalue weighted by atomic mass is 10.0. The normalized spacial score (nSPS) is 11.5. The Balaban J connectivity index is 2.16. The Hall–Kier alpha value is -2.49. The van der Waals surface area contributed by atoms with Gasteiger partial charge in [0, 0.05) is 5.69 Å². The van der Waals surface area contributed by atoms with Gasteiger partial charge in [-0.15, -0.1) is 0 Å². The second kappa shape index (κ2) is 7.33. The van der Waals surface area contributed by atoms with E-state index in [1.165, 1.54) is 7.11 Å². The molecule has 0 aliphatic carbocycles. The van der Waals surface area contributed by atoms with Crippen LogP contribution in [0.2, 0.25) is 0 Å². The zero-order chi connectivity index (χ0) is 15.1. The zero-order valence-corrected chi connectivity index (χ0v) is 12.2. The van der Waals surface area contributed by atoms with E-state index >= 15 is 0 Å². The van der Waals surface area contributed by atoms with E-state index in [2.05, 4.69) is 5.32 Å². The van der Waals surface area contributed by atoms with E-state index in [4.69, 9.17) is 9.47 Å². The number of carbonyl (C=O) groups excluding carboxylic acids is 1. The largest absolute Gasteiger partial charge is 0.497 e. The van der Waals surface area contributed by atoms with Crippen molar-refractivity contribution in [1.29, 1.82) is 0 Å². The molecule has 110 valence electrons. The highest BCUT2D eigenvalue weighted by atomic mass is 16.5. The lowest BCUT2D eigenvalue weighted by Gasteiger charge is -2.19. The lowest BCUT2D eigenvalue weighted by molar-refractivity contribution is -0.140. The minimum absolute atomic E-state index is 0.132. The van der Waals surface area contributed by atoms with Crippen LogP contribution in [0.3, 0.4) is 0 Å². The van der Waals surface area contributed by atoms with Crippen LogP contribution in [0, 0.1) is 0 Å². The summed E-state index contributed by atoms with van der Waals surface area (Å²) in [4.78, 5) is 11.6. The molecule has 21 heavy (non-hydrogen) atoms. The third-order valence-corrected chi connectivity index (χ3v) is 3.23. The average Bonchev–Trinajstić information content (AvgIpc) is 2.55. The van der Waals surface area contributed by atoms with Crippen LogP contribution in [0.1, 0.15) is 18.0 Å². The summed E-state index contributed by atoms with van der Waals surface area (Å²) in [5, 5.41) is 3.36.